The van der Waals surface area contributed by atoms with Crippen LogP contribution in [0.3, 0.4) is 0 Å². The molecule has 2 N–H and O–H groups in total. The Morgan fingerprint density at radius 3 is 2.33 bits per heavy atom. The van der Waals surface area contributed by atoms with Gasteiger partial charge in [0.25, 0.3) is 0 Å². The number of rotatable bonds is 7. The van der Waals surface area contributed by atoms with Crippen LogP contribution in [0, 0.1) is 0 Å². The highest BCUT2D eigenvalue weighted by atomic mass is 32.1. The first-order chi connectivity index (χ1) is 14.6. The Morgan fingerprint density at radius 1 is 1.17 bits per heavy atom. The van der Waals surface area contributed by atoms with Crippen LogP contribution < -0.4 is 20.1 Å². The normalized spacial score (nSPS) is 10.3. The second kappa shape index (κ2) is 17.1. The average Bonchev–Trinajstić information content (AvgIpc) is 3.32. The maximum absolute atomic E-state index is 5.28. The van der Waals surface area contributed by atoms with Crippen molar-refractivity contribution in [1.82, 2.24) is 14.9 Å². The lowest BCUT2D eigenvalue weighted by Gasteiger charge is -2.13. The molecule has 0 aliphatic rings. The summed E-state index contributed by atoms with van der Waals surface area (Å²) in [6.07, 6.45) is 11.6. The molecule has 0 bridgehead atoms. The molecule has 6 nitrogen and oxygen atoms in total. The van der Waals surface area contributed by atoms with Crippen LogP contribution in [0.2, 0.25) is 0 Å². The van der Waals surface area contributed by atoms with Crippen molar-refractivity contribution in [3.05, 3.63) is 60.7 Å². The Labute approximate surface area is 187 Å². The molecule has 1 aromatic carbocycles. The van der Waals surface area contributed by atoms with E-state index in [4.69, 9.17) is 21.7 Å². The number of hydrogen-bond donors (Lipinski definition) is 2. The summed E-state index contributed by atoms with van der Waals surface area (Å²) in [5.74, 6) is 1.35. The molecule has 2 aromatic rings. The van der Waals surface area contributed by atoms with Crippen LogP contribution in [-0.4, -0.2) is 35.4 Å². The standard InChI is InChI=1S/C16H22N2O2S.C5H8N2.C2H6/c1-5-7-12(6-2)11-17-16(21)18-13-8-9-14(19-3)15(10-13)20-4;1-2-7-4-3-6-5-7;1-2/h5-10H,11H2,1-4H3,(H2,17,18,21);3-5H,2H2,1H3;1-2H3/b7-5-,12-6+;;. The number of benzene rings is 1. The molecular weight excluding hydrogens is 396 g/mol. The summed E-state index contributed by atoms with van der Waals surface area (Å²) >= 11 is 5.28. The van der Waals surface area contributed by atoms with E-state index < -0.39 is 0 Å². The smallest absolute Gasteiger partial charge is 0.171 e. The summed E-state index contributed by atoms with van der Waals surface area (Å²) in [5, 5.41) is 6.85. The summed E-state index contributed by atoms with van der Waals surface area (Å²) in [6, 6.07) is 5.56. The molecule has 166 valence electrons. The van der Waals surface area contributed by atoms with Gasteiger partial charge in [-0.15, -0.1) is 0 Å². The molecule has 0 atom stereocenters. The van der Waals surface area contributed by atoms with Gasteiger partial charge < -0.3 is 24.7 Å². The lowest BCUT2D eigenvalue weighted by molar-refractivity contribution is 0.355. The number of methoxy groups -OCH3 is 2. The van der Waals surface area contributed by atoms with Crippen LogP contribution in [0.15, 0.2) is 60.7 Å². The number of nitrogens with one attached hydrogen (secondary N) is 2. The Bertz CT molecular complexity index is 772. The molecule has 0 spiro atoms. The molecular formula is C23H36N4O2S. The van der Waals surface area contributed by atoms with Crippen LogP contribution in [-0.2, 0) is 6.54 Å². The van der Waals surface area contributed by atoms with Crippen molar-refractivity contribution in [2.45, 2.75) is 41.2 Å². The highest BCUT2D eigenvalue weighted by molar-refractivity contribution is 7.80. The number of anilines is 1. The number of aryl methyl sites for hydroxylation is 1. The van der Waals surface area contributed by atoms with Gasteiger partial charge in [-0.3, -0.25) is 0 Å². The topological polar surface area (TPSA) is 60.3 Å². The maximum Gasteiger partial charge on any atom is 0.171 e. The van der Waals surface area contributed by atoms with E-state index in [0.29, 0.717) is 23.2 Å². The van der Waals surface area contributed by atoms with Crippen molar-refractivity contribution in [3.63, 3.8) is 0 Å². The van der Waals surface area contributed by atoms with E-state index in [-0.39, 0.29) is 0 Å². The van der Waals surface area contributed by atoms with E-state index >= 15 is 0 Å². The van der Waals surface area contributed by atoms with Gasteiger partial charge in [0.2, 0.25) is 0 Å². The molecule has 1 heterocycles. The number of imidazole rings is 1. The van der Waals surface area contributed by atoms with Crippen molar-refractivity contribution in [2.24, 2.45) is 0 Å². The second-order valence-electron chi connectivity index (χ2n) is 5.63. The minimum absolute atomic E-state index is 0.561. The van der Waals surface area contributed by atoms with Crippen LogP contribution in [0.5, 0.6) is 11.5 Å². The Kier molecular flexibility index (Phi) is 15.5. The lowest BCUT2D eigenvalue weighted by Crippen LogP contribution is -2.29. The summed E-state index contributed by atoms with van der Waals surface area (Å²) < 4.78 is 12.5. The molecule has 0 unspecified atom stereocenters. The summed E-state index contributed by atoms with van der Waals surface area (Å²) in [7, 11) is 3.21. The minimum Gasteiger partial charge on any atom is -0.493 e. The van der Waals surface area contributed by atoms with E-state index in [1.807, 2.05) is 74.9 Å². The first kappa shape index (κ1) is 27.2. The number of nitrogens with zero attached hydrogens (tertiary/aromatic N) is 2. The van der Waals surface area contributed by atoms with Gasteiger partial charge in [-0.1, -0.05) is 32.1 Å². The van der Waals surface area contributed by atoms with Crippen molar-refractivity contribution >= 4 is 23.0 Å². The lowest BCUT2D eigenvalue weighted by atomic mass is 10.2. The van der Waals surface area contributed by atoms with E-state index in [1.165, 1.54) is 5.57 Å². The maximum atomic E-state index is 5.28. The number of aromatic nitrogens is 2. The minimum atomic E-state index is 0.561. The fourth-order valence-electron chi connectivity index (χ4n) is 2.22. The quantitative estimate of drug-likeness (QED) is 0.449. The van der Waals surface area contributed by atoms with Gasteiger partial charge in [0.1, 0.15) is 0 Å². The molecule has 0 radical (unpaired) electrons. The third-order valence-corrected chi connectivity index (χ3v) is 4.02. The number of ether oxygens (including phenoxy) is 2. The highest BCUT2D eigenvalue weighted by Gasteiger charge is 2.05. The third-order valence-electron chi connectivity index (χ3n) is 3.77. The van der Waals surface area contributed by atoms with Gasteiger partial charge in [0, 0.05) is 37.2 Å². The summed E-state index contributed by atoms with van der Waals surface area (Å²) in [5.41, 5.74) is 2.02. The monoisotopic (exact) mass is 432 g/mol. The van der Waals surface area contributed by atoms with E-state index in [9.17, 15) is 0 Å². The van der Waals surface area contributed by atoms with Gasteiger partial charge in [-0.2, -0.15) is 0 Å². The average molecular weight is 433 g/mol. The molecule has 0 saturated carbocycles. The van der Waals surface area contributed by atoms with Crippen LogP contribution in [0.25, 0.3) is 0 Å². The van der Waals surface area contributed by atoms with Crippen molar-refractivity contribution in [1.29, 1.82) is 0 Å². The van der Waals surface area contributed by atoms with Gasteiger partial charge in [-0.25, -0.2) is 4.98 Å². The van der Waals surface area contributed by atoms with E-state index in [0.717, 1.165) is 12.2 Å². The molecule has 2 rings (SSSR count). The predicted octanol–water partition coefficient (Wildman–Crippen LogP) is 5.44. The molecule has 0 aliphatic carbocycles. The summed E-state index contributed by atoms with van der Waals surface area (Å²) in [4.78, 5) is 3.86. The molecule has 0 saturated heterocycles. The predicted molar refractivity (Wildman–Crippen MR) is 132 cm³/mol. The first-order valence-corrected chi connectivity index (χ1v) is 10.5. The van der Waals surface area contributed by atoms with Gasteiger partial charge >= 0.3 is 0 Å². The SMILES string of the molecule is C/C=C\C(=C/C)CNC(=S)Nc1ccc(OC)c(OC)c1.CC.CCn1ccnc1. The largest absolute Gasteiger partial charge is 0.493 e. The van der Waals surface area contributed by atoms with Crippen molar-refractivity contribution < 1.29 is 9.47 Å². The zero-order chi connectivity index (χ0) is 22.8. The molecule has 0 aliphatic heterocycles. The highest BCUT2D eigenvalue weighted by Crippen LogP contribution is 2.29. The fourth-order valence-corrected chi connectivity index (χ4v) is 2.41. The Morgan fingerprint density at radius 2 is 1.87 bits per heavy atom. The molecule has 1 aromatic heterocycles. The Hall–Kier alpha value is -2.80. The first-order valence-electron chi connectivity index (χ1n) is 10.1. The van der Waals surface area contributed by atoms with Crippen LogP contribution in [0.4, 0.5) is 5.69 Å². The van der Waals surface area contributed by atoms with Crippen molar-refractivity contribution in [2.75, 3.05) is 26.1 Å². The molecule has 7 heteroatoms. The van der Waals surface area contributed by atoms with Gasteiger partial charge in [-0.05, 0) is 50.7 Å². The molecule has 0 amide bonds. The van der Waals surface area contributed by atoms with Crippen LogP contribution >= 0.6 is 12.2 Å². The number of allylic oxidation sites excluding steroid dienone is 2. The second-order valence-corrected chi connectivity index (χ2v) is 6.04. The molecule has 0 fully saturated rings. The Balaban J connectivity index is 0.000000775. The van der Waals surface area contributed by atoms with E-state index in [2.05, 4.69) is 22.5 Å². The van der Waals surface area contributed by atoms with Gasteiger partial charge in [0.15, 0.2) is 16.6 Å². The van der Waals surface area contributed by atoms with Crippen LogP contribution in [0.1, 0.15) is 34.6 Å². The molecule has 30 heavy (non-hydrogen) atoms. The summed E-state index contributed by atoms with van der Waals surface area (Å²) in [6.45, 7) is 11.8. The number of thiocarbonyl (C=S) groups is 1. The third kappa shape index (κ3) is 10.7. The van der Waals surface area contributed by atoms with Gasteiger partial charge in [0.05, 0.1) is 20.5 Å². The fraction of sp³-hybridized carbons (Fsp3) is 0.391. The van der Waals surface area contributed by atoms with Crippen molar-refractivity contribution in [3.8, 4) is 11.5 Å². The number of hydrogen-bond acceptors (Lipinski definition) is 4. The zero-order valence-corrected chi connectivity index (χ0v) is 20.0. The zero-order valence-electron chi connectivity index (χ0n) is 19.2. The van der Waals surface area contributed by atoms with E-state index in [1.54, 1.807) is 26.7 Å².